The monoisotopic (exact) mass is 519 g/mol. The summed E-state index contributed by atoms with van der Waals surface area (Å²) in [5, 5.41) is 10.1. The van der Waals surface area contributed by atoms with Gasteiger partial charge < -0.3 is 24.1 Å². The number of rotatable bonds is 9. The molecule has 5 atom stereocenters. The number of hydrogen-bond acceptors (Lipinski definition) is 7. The van der Waals surface area contributed by atoms with Gasteiger partial charge in [-0.3, -0.25) is 9.69 Å². The van der Waals surface area contributed by atoms with Crippen LogP contribution in [0.15, 0.2) is 36.6 Å². The molecular weight excluding hydrogens is 478 g/mol. The Kier molecular flexibility index (Phi) is 11.0. The molecule has 1 aromatic carbocycles. The maximum atomic E-state index is 13.4. The Morgan fingerprint density at radius 1 is 1.19 bits per heavy atom. The van der Waals surface area contributed by atoms with Crippen molar-refractivity contribution in [3.8, 4) is 5.75 Å². The van der Waals surface area contributed by atoms with Crippen molar-refractivity contribution in [1.82, 2.24) is 4.90 Å². The number of methoxy groups -OCH3 is 2. The van der Waals surface area contributed by atoms with Gasteiger partial charge in [-0.2, -0.15) is 0 Å². The zero-order valence-electron chi connectivity index (χ0n) is 22.9. The van der Waals surface area contributed by atoms with Crippen LogP contribution in [0.5, 0.6) is 5.75 Å². The van der Waals surface area contributed by atoms with Crippen LogP contribution < -0.4 is 4.74 Å². The average molecular weight is 520 g/mol. The summed E-state index contributed by atoms with van der Waals surface area (Å²) >= 11 is 0. The molecular formula is C28H41NO8. The molecule has 9 nitrogen and oxygen atoms in total. The number of carbonyl (C=O) groups excluding carboxylic acids is 2. The molecule has 1 aliphatic rings. The van der Waals surface area contributed by atoms with E-state index in [0.29, 0.717) is 19.3 Å². The highest BCUT2D eigenvalue weighted by Crippen LogP contribution is 2.32. The molecule has 1 amide bonds. The SMILES string of the molecule is COc1ccc(C[C@H]2CCC[C@H](N(C(=O)O)C(OC)C(C)(C)C)C(=O)O[C@@H](C)[C@@H]2OC=CC(C)=O)cc1. The maximum Gasteiger partial charge on any atom is 0.410 e. The lowest BCUT2D eigenvalue weighted by atomic mass is 9.86. The van der Waals surface area contributed by atoms with Gasteiger partial charge in [-0.05, 0) is 50.8 Å². The van der Waals surface area contributed by atoms with Gasteiger partial charge in [0.25, 0.3) is 0 Å². The van der Waals surface area contributed by atoms with Gasteiger partial charge in [0.15, 0.2) is 5.78 Å². The molecule has 1 aromatic rings. The molecule has 1 N–H and O–H groups in total. The molecule has 0 radical (unpaired) electrons. The Morgan fingerprint density at radius 3 is 2.35 bits per heavy atom. The van der Waals surface area contributed by atoms with Crippen molar-refractivity contribution in [2.45, 2.75) is 84.8 Å². The second kappa shape index (κ2) is 13.5. The molecule has 1 aliphatic heterocycles. The molecule has 1 fully saturated rings. The van der Waals surface area contributed by atoms with Crippen molar-refractivity contribution in [3.63, 3.8) is 0 Å². The van der Waals surface area contributed by atoms with Crippen LogP contribution in [0.4, 0.5) is 4.79 Å². The third-order valence-electron chi connectivity index (χ3n) is 6.52. The van der Waals surface area contributed by atoms with Crippen molar-refractivity contribution in [1.29, 1.82) is 0 Å². The molecule has 0 bridgehead atoms. The van der Waals surface area contributed by atoms with Gasteiger partial charge in [-0.1, -0.05) is 39.3 Å². The van der Waals surface area contributed by atoms with E-state index < -0.39 is 42.0 Å². The Hall–Kier alpha value is -3.07. The van der Waals surface area contributed by atoms with Crippen LogP contribution in [-0.2, 0) is 30.2 Å². The summed E-state index contributed by atoms with van der Waals surface area (Å²) < 4.78 is 22.6. The fourth-order valence-corrected chi connectivity index (χ4v) is 4.83. The quantitative estimate of drug-likeness (QED) is 0.214. The first kappa shape index (κ1) is 30.2. The van der Waals surface area contributed by atoms with E-state index in [-0.39, 0.29) is 18.1 Å². The van der Waals surface area contributed by atoms with E-state index in [9.17, 15) is 19.5 Å². The van der Waals surface area contributed by atoms with E-state index in [4.69, 9.17) is 18.9 Å². The van der Waals surface area contributed by atoms with E-state index in [1.54, 1.807) is 14.0 Å². The Bertz CT molecular complexity index is 936. The third-order valence-corrected chi connectivity index (χ3v) is 6.52. The number of cyclic esters (lactones) is 1. The summed E-state index contributed by atoms with van der Waals surface area (Å²) in [6.07, 6.45) is 1.48. The smallest absolute Gasteiger partial charge is 0.410 e. The van der Waals surface area contributed by atoms with Crippen LogP contribution in [0.1, 0.15) is 59.4 Å². The molecule has 1 unspecified atom stereocenters. The first-order valence-corrected chi connectivity index (χ1v) is 12.6. The number of nitrogens with zero attached hydrogens (tertiary/aromatic N) is 1. The molecule has 9 heteroatoms. The second-order valence-electron chi connectivity index (χ2n) is 10.6. The van der Waals surface area contributed by atoms with E-state index in [0.717, 1.165) is 16.2 Å². The topological polar surface area (TPSA) is 112 Å². The number of allylic oxidation sites excluding steroid dienone is 1. The van der Waals surface area contributed by atoms with Gasteiger partial charge in [0.05, 0.1) is 13.4 Å². The minimum Gasteiger partial charge on any atom is -0.497 e. The molecule has 0 saturated carbocycles. The van der Waals surface area contributed by atoms with Crippen LogP contribution in [0.3, 0.4) is 0 Å². The molecule has 206 valence electrons. The summed E-state index contributed by atoms with van der Waals surface area (Å²) in [7, 11) is 3.05. The van der Waals surface area contributed by atoms with Crippen LogP contribution in [0, 0.1) is 11.3 Å². The van der Waals surface area contributed by atoms with Crippen LogP contribution in [-0.4, -0.2) is 66.5 Å². The first-order valence-electron chi connectivity index (χ1n) is 12.6. The van der Waals surface area contributed by atoms with Crippen molar-refractivity contribution < 1.29 is 38.4 Å². The minimum absolute atomic E-state index is 0.0642. The highest BCUT2D eigenvalue weighted by atomic mass is 16.6. The van der Waals surface area contributed by atoms with Gasteiger partial charge >= 0.3 is 12.1 Å². The number of carbonyl (C=O) groups is 3. The minimum atomic E-state index is -1.25. The normalized spacial score (nSPS) is 23.8. The predicted molar refractivity (Wildman–Crippen MR) is 138 cm³/mol. The lowest BCUT2D eigenvalue weighted by Gasteiger charge is -2.40. The summed E-state index contributed by atoms with van der Waals surface area (Å²) in [6, 6.07) is 6.70. The zero-order valence-corrected chi connectivity index (χ0v) is 22.9. The number of ether oxygens (including phenoxy) is 4. The summed E-state index contributed by atoms with van der Waals surface area (Å²) in [6.45, 7) is 8.73. The number of hydrogen-bond donors (Lipinski definition) is 1. The predicted octanol–water partition coefficient (Wildman–Crippen LogP) is 4.82. The number of amides is 1. The van der Waals surface area contributed by atoms with Gasteiger partial charge in [-0.25, -0.2) is 9.59 Å². The zero-order chi connectivity index (χ0) is 27.8. The molecule has 2 rings (SSSR count). The van der Waals surface area contributed by atoms with Crippen molar-refractivity contribution in [2.24, 2.45) is 11.3 Å². The molecule has 37 heavy (non-hydrogen) atoms. The van der Waals surface area contributed by atoms with Crippen LogP contribution in [0.2, 0.25) is 0 Å². The van der Waals surface area contributed by atoms with E-state index >= 15 is 0 Å². The average Bonchev–Trinajstić information content (AvgIpc) is 2.86. The van der Waals surface area contributed by atoms with Crippen LogP contribution in [0.25, 0.3) is 0 Å². The Labute approximate surface area is 219 Å². The summed E-state index contributed by atoms with van der Waals surface area (Å²) in [5.41, 5.74) is 0.487. The number of ketones is 1. The number of esters is 1. The second-order valence-corrected chi connectivity index (χ2v) is 10.6. The van der Waals surface area contributed by atoms with Crippen molar-refractivity contribution >= 4 is 17.8 Å². The highest BCUT2D eigenvalue weighted by Gasteiger charge is 2.44. The molecule has 1 heterocycles. The molecule has 1 saturated heterocycles. The van der Waals surface area contributed by atoms with Crippen molar-refractivity contribution in [3.05, 3.63) is 42.2 Å². The van der Waals surface area contributed by atoms with E-state index in [1.807, 2.05) is 45.0 Å². The van der Waals surface area contributed by atoms with Gasteiger partial charge in [0.1, 0.15) is 30.2 Å². The fourth-order valence-electron chi connectivity index (χ4n) is 4.83. The van der Waals surface area contributed by atoms with Crippen molar-refractivity contribution in [2.75, 3.05) is 14.2 Å². The highest BCUT2D eigenvalue weighted by molar-refractivity contribution is 5.86. The largest absolute Gasteiger partial charge is 0.497 e. The third kappa shape index (κ3) is 8.49. The first-order chi connectivity index (χ1) is 17.4. The van der Waals surface area contributed by atoms with Gasteiger partial charge in [0, 0.05) is 24.5 Å². The molecule has 0 aliphatic carbocycles. The summed E-state index contributed by atoms with van der Waals surface area (Å²) in [5.74, 6) is -0.119. The van der Waals surface area contributed by atoms with Crippen LogP contribution >= 0.6 is 0 Å². The standard InChI is InChI=1S/C28H41NO8/c1-18(30)15-16-36-24-19(2)37-25(31)23(29(27(32)33)26(35-7)28(3,4)5)10-8-9-21(24)17-20-11-13-22(34-6)14-12-20/h11-16,19,21,23-24,26H,8-10,17H2,1-7H3,(H,32,33)/t19-,21+,23-,24-,26?/m0/s1. The van der Waals surface area contributed by atoms with Gasteiger partial charge in [-0.15, -0.1) is 0 Å². The molecule has 0 spiro atoms. The lowest BCUT2D eigenvalue weighted by molar-refractivity contribution is -0.169. The molecule has 0 aromatic heterocycles. The van der Waals surface area contributed by atoms with E-state index in [2.05, 4.69) is 0 Å². The Morgan fingerprint density at radius 2 is 1.84 bits per heavy atom. The summed E-state index contributed by atoms with van der Waals surface area (Å²) in [4.78, 5) is 38.2. The Balaban J connectivity index is 2.39. The number of benzene rings is 1. The van der Waals surface area contributed by atoms with Gasteiger partial charge in [0.2, 0.25) is 0 Å². The number of carboxylic acid groups (broad SMARTS) is 1. The fraction of sp³-hybridized carbons (Fsp3) is 0.607. The lowest BCUT2D eigenvalue weighted by Crippen LogP contribution is -2.56. The maximum absolute atomic E-state index is 13.4. The van der Waals surface area contributed by atoms with E-state index in [1.165, 1.54) is 26.4 Å².